The predicted molar refractivity (Wildman–Crippen MR) is 123 cm³/mol. The number of rotatable bonds is 7. The van der Waals surface area contributed by atoms with Crippen LogP contribution >= 0.6 is 0 Å². The highest BCUT2D eigenvalue weighted by Crippen LogP contribution is 2.22. The van der Waals surface area contributed by atoms with Gasteiger partial charge in [0.05, 0.1) is 18.0 Å². The molecule has 2 amide bonds. The quantitative estimate of drug-likeness (QED) is 0.292. The van der Waals surface area contributed by atoms with Gasteiger partial charge in [-0.1, -0.05) is 24.3 Å². The molecule has 7 nitrogen and oxygen atoms in total. The Balaban J connectivity index is 1.64. The Morgan fingerprint density at radius 3 is 2.27 bits per heavy atom. The lowest BCUT2D eigenvalue weighted by atomic mass is 10.2. The summed E-state index contributed by atoms with van der Waals surface area (Å²) in [5.41, 5.74) is 1.64. The molecule has 0 aliphatic heterocycles. The number of amides is 2. The van der Waals surface area contributed by atoms with Crippen molar-refractivity contribution in [1.29, 1.82) is 0 Å². The molecule has 0 aliphatic carbocycles. The summed E-state index contributed by atoms with van der Waals surface area (Å²) in [6.07, 6.45) is 1.93. The van der Waals surface area contributed by atoms with E-state index in [0.717, 1.165) is 0 Å². The van der Waals surface area contributed by atoms with Gasteiger partial charge in [0.1, 0.15) is 11.6 Å². The highest BCUT2D eigenvalue weighted by atomic mass is 19.1. The molecule has 3 aromatic rings. The predicted octanol–water partition coefficient (Wildman–Crippen LogP) is 5.27. The van der Waals surface area contributed by atoms with Gasteiger partial charge in [-0.2, -0.15) is 0 Å². The number of nitrogens with one attached hydrogen (secondary N) is 2. The Morgan fingerprint density at radius 1 is 0.909 bits per heavy atom. The van der Waals surface area contributed by atoms with Crippen LogP contribution in [0.2, 0.25) is 0 Å². The van der Waals surface area contributed by atoms with Gasteiger partial charge in [-0.25, -0.2) is 9.18 Å². The summed E-state index contributed by atoms with van der Waals surface area (Å²) < 4.78 is 22.9. The first-order valence-corrected chi connectivity index (χ1v) is 10.0. The topological polar surface area (TPSA) is 93.7 Å². The van der Waals surface area contributed by atoms with Crippen LogP contribution in [0.3, 0.4) is 0 Å². The molecule has 0 bridgehead atoms. The van der Waals surface area contributed by atoms with Crippen molar-refractivity contribution in [1.82, 2.24) is 0 Å². The largest absolute Gasteiger partial charge is 0.513 e. The first kappa shape index (κ1) is 23.2. The molecule has 0 saturated carbocycles. The van der Waals surface area contributed by atoms with E-state index >= 15 is 0 Å². The van der Waals surface area contributed by atoms with Gasteiger partial charge in [-0.05, 0) is 67.1 Å². The van der Waals surface area contributed by atoms with Crippen molar-refractivity contribution in [2.75, 3.05) is 17.2 Å². The lowest BCUT2D eigenvalue weighted by Gasteiger charge is -2.11. The van der Waals surface area contributed by atoms with Crippen LogP contribution in [-0.2, 0) is 9.53 Å². The smallest absolute Gasteiger partial charge is 0.434 e. The molecule has 0 saturated heterocycles. The molecule has 0 fully saturated rings. The fraction of sp³-hybridized carbons (Fsp3) is 0.0800. The molecule has 0 spiro atoms. The van der Waals surface area contributed by atoms with E-state index in [0.29, 0.717) is 22.5 Å². The minimum Gasteiger partial charge on any atom is -0.434 e. The Kier molecular flexibility index (Phi) is 7.91. The first-order chi connectivity index (χ1) is 15.9. The summed E-state index contributed by atoms with van der Waals surface area (Å²) in [6.45, 7) is 1.85. The standard InChI is InChI=1S/C25H21FN2O5/c1-2-32-25(31)33-20-13-11-18(12-14-20)24(30)28-22-9-4-3-8-21(22)27-23(29)15-10-17-6-5-7-19(26)16-17/h3-16H,2H2,1H3,(H,27,29)(H,28,30)/b15-10+. The Labute approximate surface area is 189 Å². The second-order valence-corrected chi connectivity index (χ2v) is 6.69. The highest BCUT2D eigenvalue weighted by Gasteiger charge is 2.11. The van der Waals surface area contributed by atoms with Crippen molar-refractivity contribution in [3.63, 3.8) is 0 Å². The van der Waals surface area contributed by atoms with E-state index < -0.39 is 23.8 Å². The molecular weight excluding hydrogens is 427 g/mol. The van der Waals surface area contributed by atoms with Crippen LogP contribution in [0.4, 0.5) is 20.6 Å². The molecule has 2 N–H and O–H groups in total. The molecule has 0 unspecified atom stereocenters. The van der Waals surface area contributed by atoms with E-state index in [9.17, 15) is 18.8 Å². The molecule has 3 rings (SSSR count). The van der Waals surface area contributed by atoms with E-state index in [1.54, 1.807) is 43.3 Å². The number of para-hydroxylation sites is 2. The van der Waals surface area contributed by atoms with Crippen LogP contribution in [0.1, 0.15) is 22.8 Å². The van der Waals surface area contributed by atoms with Gasteiger partial charge in [0.15, 0.2) is 0 Å². The van der Waals surface area contributed by atoms with Gasteiger partial charge in [0.2, 0.25) is 5.91 Å². The summed E-state index contributed by atoms with van der Waals surface area (Å²) in [5, 5.41) is 5.42. The number of halogens is 1. The second kappa shape index (κ2) is 11.2. The van der Waals surface area contributed by atoms with Crippen LogP contribution in [0.25, 0.3) is 6.08 Å². The normalized spacial score (nSPS) is 10.5. The van der Waals surface area contributed by atoms with E-state index in [2.05, 4.69) is 10.6 Å². The lowest BCUT2D eigenvalue weighted by Crippen LogP contribution is -2.15. The van der Waals surface area contributed by atoms with Crippen LogP contribution < -0.4 is 15.4 Å². The monoisotopic (exact) mass is 448 g/mol. The maximum Gasteiger partial charge on any atom is 0.513 e. The molecule has 0 atom stereocenters. The Morgan fingerprint density at radius 2 is 1.61 bits per heavy atom. The molecule has 3 aromatic carbocycles. The van der Waals surface area contributed by atoms with Crippen molar-refractivity contribution >= 4 is 35.4 Å². The SMILES string of the molecule is CCOC(=O)Oc1ccc(C(=O)Nc2ccccc2NC(=O)/C=C/c2cccc(F)c2)cc1. The number of anilines is 2. The molecule has 0 heterocycles. The van der Waals surface area contributed by atoms with E-state index in [1.165, 1.54) is 48.6 Å². The maximum atomic E-state index is 13.3. The lowest BCUT2D eigenvalue weighted by molar-refractivity contribution is -0.111. The third-order valence-electron chi connectivity index (χ3n) is 4.29. The van der Waals surface area contributed by atoms with Gasteiger partial charge >= 0.3 is 6.16 Å². The number of ether oxygens (including phenoxy) is 2. The number of hydrogen-bond acceptors (Lipinski definition) is 5. The minimum absolute atomic E-state index is 0.190. The minimum atomic E-state index is -0.828. The summed E-state index contributed by atoms with van der Waals surface area (Å²) in [5.74, 6) is -1.02. The van der Waals surface area contributed by atoms with Crippen molar-refractivity contribution in [2.45, 2.75) is 6.92 Å². The van der Waals surface area contributed by atoms with Crippen molar-refractivity contribution in [3.8, 4) is 5.75 Å². The number of carbonyl (C=O) groups is 3. The molecule has 8 heteroatoms. The summed E-state index contributed by atoms with van der Waals surface area (Å²) in [7, 11) is 0. The molecular formula is C25H21FN2O5. The number of carbonyl (C=O) groups excluding carboxylic acids is 3. The van der Waals surface area contributed by atoms with Gasteiger partial charge in [-0.3, -0.25) is 9.59 Å². The van der Waals surface area contributed by atoms with Crippen LogP contribution in [0.15, 0.2) is 78.9 Å². The number of hydrogen-bond donors (Lipinski definition) is 2. The summed E-state index contributed by atoms with van der Waals surface area (Å²) in [6, 6.07) is 18.5. The van der Waals surface area contributed by atoms with Crippen LogP contribution in [0.5, 0.6) is 5.75 Å². The van der Waals surface area contributed by atoms with E-state index in [4.69, 9.17) is 9.47 Å². The highest BCUT2D eigenvalue weighted by molar-refractivity contribution is 6.09. The molecule has 168 valence electrons. The van der Waals surface area contributed by atoms with Gasteiger partial charge in [0.25, 0.3) is 5.91 Å². The molecule has 0 aromatic heterocycles. The number of benzene rings is 3. The average molecular weight is 448 g/mol. The fourth-order valence-corrected chi connectivity index (χ4v) is 2.77. The zero-order chi connectivity index (χ0) is 23.6. The van der Waals surface area contributed by atoms with Gasteiger partial charge < -0.3 is 20.1 Å². The fourth-order valence-electron chi connectivity index (χ4n) is 2.77. The van der Waals surface area contributed by atoms with Crippen molar-refractivity contribution in [2.24, 2.45) is 0 Å². The van der Waals surface area contributed by atoms with E-state index in [-0.39, 0.29) is 12.4 Å². The summed E-state index contributed by atoms with van der Waals surface area (Å²) >= 11 is 0. The van der Waals surface area contributed by atoms with Gasteiger partial charge in [0, 0.05) is 11.6 Å². The summed E-state index contributed by atoms with van der Waals surface area (Å²) in [4.78, 5) is 36.3. The second-order valence-electron chi connectivity index (χ2n) is 6.69. The Bertz CT molecular complexity index is 1180. The molecule has 0 aliphatic rings. The third kappa shape index (κ3) is 7.03. The Hall–Kier alpha value is -4.46. The van der Waals surface area contributed by atoms with Crippen LogP contribution in [0, 0.1) is 5.82 Å². The van der Waals surface area contributed by atoms with E-state index in [1.807, 2.05) is 0 Å². The van der Waals surface area contributed by atoms with Crippen LogP contribution in [-0.4, -0.2) is 24.6 Å². The van der Waals surface area contributed by atoms with Crippen molar-refractivity contribution < 1.29 is 28.2 Å². The zero-order valence-electron chi connectivity index (χ0n) is 17.7. The van der Waals surface area contributed by atoms with Gasteiger partial charge in [-0.15, -0.1) is 0 Å². The average Bonchev–Trinajstić information content (AvgIpc) is 2.80. The zero-order valence-corrected chi connectivity index (χ0v) is 17.7. The van der Waals surface area contributed by atoms with Crippen molar-refractivity contribution in [3.05, 3.63) is 95.8 Å². The molecule has 0 radical (unpaired) electrons. The molecule has 33 heavy (non-hydrogen) atoms. The maximum absolute atomic E-state index is 13.3. The first-order valence-electron chi connectivity index (χ1n) is 10.0. The third-order valence-corrected chi connectivity index (χ3v) is 4.29.